The fourth-order valence-corrected chi connectivity index (χ4v) is 3.46. The Bertz CT molecular complexity index is 621. The third kappa shape index (κ3) is 1.79. The molecule has 0 unspecified atom stereocenters. The summed E-state index contributed by atoms with van der Waals surface area (Å²) < 4.78 is 0. The van der Waals surface area contributed by atoms with Crippen molar-refractivity contribution in [2.24, 2.45) is 0 Å². The predicted octanol–water partition coefficient (Wildman–Crippen LogP) is 4.30. The molecule has 2 aromatic rings. The molecule has 0 saturated carbocycles. The number of unbranched alkanes of at least 4 members (excludes halogenated alkanes) is 1. The SMILES string of the molecule is CCCCSc1ccc2c3c(cccc13)C(=O)N2. The molecule has 3 rings (SSSR count). The van der Waals surface area contributed by atoms with Crippen molar-refractivity contribution in [2.75, 3.05) is 11.1 Å². The highest BCUT2D eigenvalue weighted by atomic mass is 32.2. The average molecular weight is 257 g/mol. The van der Waals surface area contributed by atoms with E-state index in [-0.39, 0.29) is 5.91 Å². The molecule has 0 saturated heterocycles. The summed E-state index contributed by atoms with van der Waals surface area (Å²) >= 11 is 1.88. The summed E-state index contributed by atoms with van der Waals surface area (Å²) in [6.45, 7) is 2.20. The number of rotatable bonds is 4. The molecular formula is C15H15NOS. The van der Waals surface area contributed by atoms with Crippen molar-refractivity contribution < 1.29 is 4.79 Å². The van der Waals surface area contributed by atoms with E-state index in [2.05, 4.69) is 24.4 Å². The van der Waals surface area contributed by atoms with Gasteiger partial charge in [-0.25, -0.2) is 0 Å². The Kier molecular flexibility index (Phi) is 3.00. The van der Waals surface area contributed by atoms with Gasteiger partial charge in [-0.15, -0.1) is 11.8 Å². The lowest BCUT2D eigenvalue weighted by Gasteiger charge is -2.07. The smallest absolute Gasteiger partial charge is 0.256 e. The molecule has 0 fully saturated rings. The largest absolute Gasteiger partial charge is 0.321 e. The number of hydrogen-bond acceptors (Lipinski definition) is 2. The normalized spacial score (nSPS) is 13.1. The highest BCUT2D eigenvalue weighted by molar-refractivity contribution is 7.99. The minimum absolute atomic E-state index is 0.0197. The Labute approximate surface area is 111 Å². The number of carbonyl (C=O) groups excluding carboxylic acids is 1. The van der Waals surface area contributed by atoms with Crippen LogP contribution in [0, 0.1) is 0 Å². The molecule has 1 aliphatic rings. The number of carbonyl (C=O) groups is 1. The van der Waals surface area contributed by atoms with E-state index in [0.29, 0.717) is 0 Å². The molecule has 1 heterocycles. The van der Waals surface area contributed by atoms with E-state index in [0.717, 1.165) is 22.4 Å². The summed E-state index contributed by atoms with van der Waals surface area (Å²) in [5.74, 6) is 1.16. The van der Waals surface area contributed by atoms with Gasteiger partial charge in [0.25, 0.3) is 5.91 Å². The molecule has 3 heteroatoms. The number of anilines is 1. The summed E-state index contributed by atoms with van der Waals surface area (Å²) in [6.07, 6.45) is 2.44. The number of thioether (sulfide) groups is 1. The lowest BCUT2D eigenvalue weighted by Crippen LogP contribution is -2.03. The number of nitrogens with one attached hydrogen (secondary N) is 1. The van der Waals surface area contributed by atoms with Crippen LogP contribution < -0.4 is 5.32 Å². The molecule has 1 aliphatic heterocycles. The van der Waals surface area contributed by atoms with Gasteiger partial charge in [-0.1, -0.05) is 25.5 Å². The quantitative estimate of drug-likeness (QED) is 0.653. The molecule has 0 aliphatic carbocycles. The van der Waals surface area contributed by atoms with Crippen LogP contribution >= 0.6 is 11.8 Å². The molecule has 1 amide bonds. The molecule has 92 valence electrons. The van der Waals surface area contributed by atoms with Crippen LogP contribution in [0.25, 0.3) is 10.8 Å². The molecule has 18 heavy (non-hydrogen) atoms. The molecular weight excluding hydrogens is 242 g/mol. The standard InChI is InChI=1S/C15H15NOS/c1-2-3-9-18-13-8-7-12-14-10(13)5-4-6-11(14)15(17)16-12/h4-8H,2-3,9H2,1H3,(H,16,17). The van der Waals surface area contributed by atoms with Gasteiger partial charge in [0, 0.05) is 21.5 Å². The molecule has 0 spiro atoms. The maximum Gasteiger partial charge on any atom is 0.256 e. The second-order valence-corrected chi connectivity index (χ2v) is 5.63. The molecule has 0 aromatic heterocycles. The highest BCUT2D eigenvalue weighted by Crippen LogP contribution is 2.38. The van der Waals surface area contributed by atoms with Crippen LogP contribution in [0.4, 0.5) is 5.69 Å². The van der Waals surface area contributed by atoms with Crippen LogP contribution in [0.1, 0.15) is 30.1 Å². The lowest BCUT2D eigenvalue weighted by atomic mass is 10.1. The van der Waals surface area contributed by atoms with Gasteiger partial charge in [0.15, 0.2) is 0 Å². The second-order valence-electron chi connectivity index (χ2n) is 4.50. The van der Waals surface area contributed by atoms with Crippen molar-refractivity contribution in [2.45, 2.75) is 24.7 Å². The Morgan fingerprint density at radius 3 is 2.94 bits per heavy atom. The lowest BCUT2D eigenvalue weighted by molar-refractivity contribution is 0.103. The zero-order valence-electron chi connectivity index (χ0n) is 10.3. The average Bonchev–Trinajstić information content (AvgIpc) is 2.71. The maximum absolute atomic E-state index is 11.8. The van der Waals surface area contributed by atoms with E-state index in [1.807, 2.05) is 30.0 Å². The summed E-state index contributed by atoms with van der Waals surface area (Å²) in [5, 5.41) is 5.20. The van der Waals surface area contributed by atoms with Gasteiger partial charge in [-0.3, -0.25) is 4.79 Å². The maximum atomic E-state index is 11.8. The number of amides is 1. The van der Waals surface area contributed by atoms with Crippen LogP contribution in [-0.2, 0) is 0 Å². The van der Waals surface area contributed by atoms with Crippen LogP contribution in [0.2, 0.25) is 0 Å². The van der Waals surface area contributed by atoms with Crippen molar-refractivity contribution in [1.82, 2.24) is 0 Å². The number of hydrogen-bond donors (Lipinski definition) is 1. The Morgan fingerprint density at radius 2 is 2.11 bits per heavy atom. The van der Waals surface area contributed by atoms with Gasteiger partial charge in [0.2, 0.25) is 0 Å². The van der Waals surface area contributed by atoms with Crippen molar-refractivity contribution in [3.05, 3.63) is 35.9 Å². The van der Waals surface area contributed by atoms with Gasteiger partial charge < -0.3 is 5.32 Å². The Balaban J connectivity index is 2.08. The fraction of sp³-hybridized carbons (Fsp3) is 0.267. The van der Waals surface area contributed by atoms with E-state index in [1.54, 1.807) is 0 Å². The summed E-state index contributed by atoms with van der Waals surface area (Å²) in [5.41, 5.74) is 1.76. The van der Waals surface area contributed by atoms with E-state index in [4.69, 9.17) is 0 Å². The first-order valence-corrected chi connectivity index (χ1v) is 7.29. The molecule has 1 N–H and O–H groups in total. The van der Waals surface area contributed by atoms with Crippen LogP contribution in [0.15, 0.2) is 35.2 Å². The van der Waals surface area contributed by atoms with Crippen molar-refractivity contribution in [1.29, 1.82) is 0 Å². The molecule has 0 radical (unpaired) electrons. The monoisotopic (exact) mass is 257 g/mol. The minimum atomic E-state index is 0.0197. The minimum Gasteiger partial charge on any atom is -0.321 e. The third-order valence-corrected chi connectivity index (χ3v) is 4.41. The Morgan fingerprint density at radius 1 is 1.22 bits per heavy atom. The molecule has 2 nitrogen and oxygen atoms in total. The van der Waals surface area contributed by atoms with Crippen LogP contribution in [0.3, 0.4) is 0 Å². The van der Waals surface area contributed by atoms with Gasteiger partial charge >= 0.3 is 0 Å². The predicted molar refractivity (Wildman–Crippen MR) is 77.5 cm³/mol. The molecule has 2 aromatic carbocycles. The highest BCUT2D eigenvalue weighted by Gasteiger charge is 2.21. The molecule has 0 bridgehead atoms. The van der Waals surface area contributed by atoms with Gasteiger partial charge in [0.05, 0.1) is 0 Å². The van der Waals surface area contributed by atoms with Crippen molar-refractivity contribution in [3.63, 3.8) is 0 Å². The number of benzene rings is 2. The van der Waals surface area contributed by atoms with E-state index >= 15 is 0 Å². The summed E-state index contributed by atoms with van der Waals surface area (Å²) in [6, 6.07) is 10.1. The van der Waals surface area contributed by atoms with E-state index < -0.39 is 0 Å². The van der Waals surface area contributed by atoms with Crippen molar-refractivity contribution >= 4 is 34.1 Å². The first-order chi connectivity index (χ1) is 8.81. The van der Waals surface area contributed by atoms with Gasteiger partial charge in [0.1, 0.15) is 0 Å². The van der Waals surface area contributed by atoms with Crippen molar-refractivity contribution in [3.8, 4) is 0 Å². The topological polar surface area (TPSA) is 29.1 Å². The Hall–Kier alpha value is -1.48. The zero-order valence-corrected chi connectivity index (χ0v) is 11.1. The van der Waals surface area contributed by atoms with E-state index in [9.17, 15) is 4.79 Å². The summed E-state index contributed by atoms with van der Waals surface area (Å²) in [7, 11) is 0. The second kappa shape index (κ2) is 4.65. The first-order valence-electron chi connectivity index (χ1n) is 6.31. The molecule has 0 atom stereocenters. The van der Waals surface area contributed by atoms with Gasteiger partial charge in [-0.05, 0) is 35.8 Å². The third-order valence-electron chi connectivity index (χ3n) is 3.25. The van der Waals surface area contributed by atoms with Crippen LogP contribution in [-0.4, -0.2) is 11.7 Å². The summed E-state index contributed by atoms with van der Waals surface area (Å²) in [4.78, 5) is 13.1. The first kappa shape index (κ1) is 11.6. The zero-order chi connectivity index (χ0) is 12.5. The van der Waals surface area contributed by atoms with E-state index in [1.165, 1.54) is 23.1 Å². The van der Waals surface area contributed by atoms with Gasteiger partial charge in [-0.2, -0.15) is 0 Å². The fourth-order valence-electron chi connectivity index (χ4n) is 2.32. The van der Waals surface area contributed by atoms with Crippen LogP contribution in [0.5, 0.6) is 0 Å².